The predicted octanol–water partition coefficient (Wildman–Crippen LogP) is 1.72. The SMILES string of the molecule is CON1C=C2C=NC3=C(N(CCC(F)(F)F)CC(C)=C3N)N2C1. The molecule has 0 aromatic heterocycles. The minimum atomic E-state index is -4.21. The van der Waals surface area contributed by atoms with Gasteiger partial charge in [-0.1, -0.05) is 0 Å². The fourth-order valence-corrected chi connectivity index (χ4v) is 2.80. The van der Waals surface area contributed by atoms with Crippen molar-refractivity contribution in [2.45, 2.75) is 19.5 Å². The highest BCUT2D eigenvalue weighted by Crippen LogP contribution is 2.36. The van der Waals surface area contributed by atoms with Crippen LogP contribution in [0.3, 0.4) is 0 Å². The highest BCUT2D eigenvalue weighted by molar-refractivity contribution is 5.82. The van der Waals surface area contributed by atoms with Crippen LogP contribution in [-0.2, 0) is 4.84 Å². The zero-order chi connectivity index (χ0) is 16.8. The zero-order valence-corrected chi connectivity index (χ0v) is 12.9. The molecule has 0 amide bonds. The van der Waals surface area contributed by atoms with Crippen molar-refractivity contribution in [3.63, 3.8) is 0 Å². The number of nitrogens with two attached hydrogens (primary N) is 1. The standard InChI is InChI=1S/C14H18F3N5O/c1-9-6-20(4-3-14(15,16)17)13-12(11(9)18)19-5-10-7-21(23-2)8-22(10)13/h5,7H,3-4,6,8,18H2,1-2H3. The molecule has 0 radical (unpaired) electrons. The highest BCUT2D eigenvalue weighted by Gasteiger charge is 2.37. The summed E-state index contributed by atoms with van der Waals surface area (Å²) in [4.78, 5) is 13.1. The molecule has 126 valence electrons. The third kappa shape index (κ3) is 2.88. The van der Waals surface area contributed by atoms with Crippen molar-refractivity contribution in [3.05, 3.63) is 34.7 Å². The second-order valence-corrected chi connectivity index (χ2v) is 5.63. The Hall–Kier alpha value is -2.16. The number of rotatable bonds is 3. The van der Waals surface area contributed by atoms with Gasteiger partial charge in [-0.25, -0.2) is 10.1 Å². The molecule has 3 heterocycles. The van der Waals surface area contributed by atoms with Gasteiger partial charge < -0.3 is 15.5 Å². The molecule has 0 aromatic rings. The molecular formula is C14H18F3N5O. The first kappa shape index (κ1) is 15.7. The first-order chi connectivity index (χ1) is 10.8. The smallest absolute Gasteiger partial charge is 0.390 e. The van der Waals surface area contributed by atoms with E-state index in [1.54, 1.807) is 22.4 Å². The number of fused-ring (bicyclic) bond motifs is 2. The molecule has 6 nitrogen and oxygen atoms in total. The van der Waals surface area contributed by atoms with Crippen LogP contribution >= 0.6 is 0 Å². The number of hydrogen-bond acceptors (Lipinski definition) is 6. The van der Waals surface area contributed by atoms with E-state index in [-0.39, 0.29) is 6.54 Å². The first-order valence-electron chi connectivity index (χ1n) is 7.16. The zero-order valence-electron chi connectivity index (χ0n) is 12.9. The predicted molar refractivity (Wildman–Crippen MR) is 78.3 cm³/mol. The molecule has 23 heavy (non-hydrogen) atoms. The lowest BCUT2D eigenvalue weighted by molar-refractivity contribution is -0.137. The van der Waals surface area contributed by atoms with Crippen molar-refractivity contribution < 1.29 is 18.0 Å². The Kier molecular flexibility index (Phi) is 3.75. The van der Waals surface area contributed by atoms with Crippen molar-refractivity contribution >= 4 is 6.21 Å². The van der Waals surface area contributed by atoms with Gasteiger partial charge in [0.1, 0.15) is 18.2 Å². The van der Waals surface area contributed by atoms with Gasteiger partial charge in [-0.2, -0.15) is 13.2 Å². The van der Waals surface area contributed by atoms with Crippen LogP contribution in [0.5, 0.6) is 0 Å². The van der Waals surface area contributed by atoms with Gasteiger partial charge in [0, 0.05) is 13.1 Å². The molecule has 0 aliphatic carbocycles. The first-order valence-corrected chi connectivity index (χ1v) is 7.16. The molecule has 9 heteroatoms. The van der Waals surface area contributed by atoms with Gasteiger partial charge >= 0.3 is 6.18 Å². The summed E-state index contributed by atoms with van der Waals surface area (Å²) in [6, 6.07) is 0. The van der Waals surface area contributed by atoms with Gasteiger partial charge in [0.05, 0.1) is 37.3 Å². The molecule has 0 atom stereocenters. The Morgan fingerprint density at radius 2 is 2.13 bits per heavy atom. The molecular weight excluding hydrogens is 311 g/mol. The maximum absolute atomic E-state index is 12.6. The van der Waals surface area contributed by atoms with E-state index < -0.39 is 12.6 Å². The van der Waals surface area contributed by atoms with Crippen LogP contribution in [0.15, 0.2) is 39.7 Å². The highest BCUT2D eigenvalue weighted by atomic mass is 19.4. The Bertz CT molecular complexity index is 635. The average molecular weight is 329 g/mol. The Morgan fingerprint density at radius 3 is 2.78 bits per heavy atom. The maximum atomic E-state index is 12.6. The normalized spacial score (nSPS) is 21.1. The molecule has 0 fully saturated rings. The number of hydroxylamine groups is 2. The lowest BCUT2D eigenvalue weighted by Gasteiger charge is -2.40. The summed E-state index contributed by atoms with van der Waals surface area (Å²) in [5.41, 5.74) is 8.71. The fourth-order valence-electron chi connectivity index (χ4n) is 2.80. The Labute approximate surface area is 131 Å². The summed E-state index contributed by atoms with van der Waals surface area (Å²) >= 11 is 0. The minimum Gasteiger partial charge on any atom is -0.397 e. The van der Waals surface area contributed by atoms with Crippen LogP contribution in [0, 0.1) is 0 Å². The second-order valence-electron chi connectivity index (χ2n) is 5.63. The molecule has 0 unspecified atom stereocenters. The minimum absolute atomic E-state index is 0.140. The summed E-state index contributed by atoms with van der Waals surface area (Å²) in [6.07, 6.45) is -1.70. The Morgan fingerprint density at radius 1 is 1.39 bits per heavy atom. The van der Waals surface area contributed by atoms with E-state index in [4.69, 9.17) is 10.6 Å². The third-order valence-electron chi connectivity index (χ3n) is 4.00. The van der Waals surface area contributed by atoms with E-state index in [0.717, 1.165) is 11.3 Å². The van der Waals surface area contributed by atoms with E-state index in [2.05, 4.69) is 4.99 Å². The topological polar surface area (TPSA) is 57.3 Å². The van der Waals surface area contributed by atoms with Gasteiger partial charge in [-0.3, -0.25) is 4.84 Å². The molecule has 3 rings (SSSR count). The fraction of sp³-hybridized carbons (Fsp3) is 0.500. The van der Waals surface area contributed by atoms with Gasteiger partial charge in [-0.15, -0.1) is 0 Å². The summed E-state index contributed by atoms with van der Waals surface area (Å²) in [6.45, 7) is 2.41. The van der Waals surface area contributed by atoms with Crippen molar-refractivity contribution in [3.8, 4) is 0 Å². The van der Waals surface area contributed by atoms with Crippen molar-refractivity contribution in [1.29, 1.82) is 0 Å². The van der Waals surface area contributed by atoms with Crippen molar-refractivity contribution in [2.24, 2.45) is 10.7 Å². The van der Waals surface area contributed by atoms with Crippen molar-refractivity contribution in [1.82, 2.24) is 14.9 Å². The molecule has 3 aliphatic rings. The van der Waals surface area contributed by atoms with E-state index in [0.29, 0.717) is 30.4 Å². The van der Waals surface area contributed by atoms with Gasteiger partial charge in [0.15, 0.2) is 0 Å². The Balaban J connectivity index is 1.93. The average Bonchev–Trinajstić information content (AvgIpc) is 2.91. The number of aliphatic imine (C=N–C) groups is 1. The summed E-state index contributed by atoms with van der Waals surface area (Å²) in [5, 5.41) is 1.58. The third-order valence-corrected chi connectivity index (χ3v) is 4.00. The van der Waals surface area contributed by atoms with E-state index in [1.807, 2.05) is 11.8 Å². The van der Waals surface area contributed by atoms with Crippen LogP contribution in [-0.4, -0.2) is 54.1 Å². The maximum Gasteiger partial charge on any atom is 0.390 e. The molecule has 0 saturated heterocycles. The number of alkyl halides is 3. The quantitative estimate of drug-likeness (QED) is 0.854. The van der Waals surface area contributed by atoms with Gasteiger partial charge in [-0.05, 0) is 12.5 Å². The lowest BCUT2D eigenvalue weighted by atomic mass is 10.1. The van der Waals surface area contributed by atoms with E-state index in [1.165, 1.54) is 7.11 Å². The largest absolute Gasteiger partial charge is 0.397 e. The molecule has 3 aliphatic heterocycles. The lowest BCUT2D eigenvalue weighted by Crippen LogP contribution is -2.43. The van der Waals surface area contributed by atoms with Gasteiger partial charge in [0.2, 0.25) is 0 Å². The number of nitrogens with zero attached hydrogens (tertiary/aromatic N) is 4. The second kappa shape index (κ2) is 5.48. The van der Waals surface area contributed by atoms with Crippen LogP contribution in [0.4, 0.5) is 13.2 Å². The monoisotopic (exact) mass is 329 g/mol. The van der Waals surface area contributed by atoms with Crippen molar-refractivity contribution in [2.75, 3.05) is 26.9 Å². The van der Waals surface area contributed by atoms with E-state index in [9.17, 15) is 13.2 Å². The van der Waals surface area contributed by atoms with Crippen LogP contribution in [0.1, 0.15) is 13.3 Å². The number of allylic oxidation sites excluding steroid dienone is 1. The van der Waals surface area contributed by atoms with Gasteiger partial charge in [0.25, 0.3) is 0 Å². The van der Waals surface area contributed by atoms with E-state index >= 15 is 0 Å². The summed E-state index contributed by atoms with van der Waals surface area (Å²) in [5.74, 6) is 0.602. The summed E-state index contributed by atoms with van der Waals surface area (Å²) < 4.78 is 37.9. The molecule has 0 saturated carbocycles. The number of halogens is 3. The summed E-state index contributed by atoms with van der Waals surface area (Å²) in [7, 11) is 1.53. The van der Waals surface area contributed by atoms with Crippen LogP contribution in [0.25, 0.3) is 0 Å². The molecule has 2 N–H and O–H groups in total. The van der Waals surface area contributed by atoms with Crippen LogP contribution in [0.2, 0.25) is 0 Å². The molecule has 0 spiro atoms. The van der Waals surface area contributed by atoms with Crippen LogP contribution < -0.4 is 5.73 Å². The molecule has 0 bridgehead atoms. The number of hydrogen-bond donors (Lipinski definition) is 1. The molecule has 0 aromatic carbocycles.